The Labute approximate surface area is 58.0 Å². The number of thiocarbonyl (C=S) groups is 1. The first-order valence-corrected chi connectivity index (χ1v) is 2.49. The van der Waals surface area contributed by atoms with Crippen LogP contribution in [0.3, 0.4) is 0 Å². The Morgan fingerprint density at radius 3 is 2.33 bits per heavy atom. The maximum atomic E-state index is 9.38. The molecule has 0 bridgehead atoms. The Balaban J connectivity index is 0. The summed E-state index contributed by atoms with van der Waals surface area (Å²) in [5.74, 6) is 0. The molecule has 0 aromatic heterocycles. The summed E-state index contributed by atoms with van der Waals surface area (Å²) < 4.78 is 3.96. The Hall–Kier alpha value is -0.930. The van der Waals surface area contributed by atoms with Crippen molar-refractivity contribution in [1.29, 1.82) is 5.41 Å². The fourth-order valence-corrected chi connectivity index (χ4v) is 0.123. The van der Waals surface area contributed by atoms with E-state index < -0.39 is 6.16 Å². The van der Waals surface area contributed by atoms with Crippen LogP contribution in [0.2, 0.25) is 0 Å². The lowest BCUT2D eigenvalue weighted by molar-refractivity contribution is 0.0966. The van der Waals surface area contributed by atoms with Crippen LogP contribution in [0.4, 0.5) is 4.79 Å². The molecule has 0 fully saturated rings. The first-order chi connectivity index (χ1) is 4.18. The van der Waals surface area contributed by atoms with Gasteiger partial charge in [-0.2, -0.15) is 0 Å². The molecule has 0 heterocycles. The predicted molar refractivity (Wildman–Crippen MR) is 35.0 cm³/mol. The van der Waals surface area contributed by atoms with Crippen LogP contribution >= 0.6 is 12.2 Å². The molecule has 2 N–H and O–H groups in total. The van der Waals surface area contributed by atoms with E-state index in [1.54, 1.807) is 12.1 Å². The summed E-state index contributed by atoms with van der Waals surface area (Å²) in [6.45, 7) is 1.85. The minimum absolute atomic E-state index is 0.231. The van der Waals surface area contributed by atoms with Crippen molar-refractivity contribution in [2.24, 2.45) is 0 Å². The topological polar surface area (TPSA) is 70.4 Å². The Kier molecular flexibility index (Phi) is 12.3. The molecular formula is C4H7NO3S. The van der Waals surface area contributed by atoms with Gasteiger partial charge in [-0.15, -0.1) is 0 Å². The van der Waals surface area contributed by atoms with E-state index in [1.165, 1.54) is 0 Å². The summed E-state index contributed by atoms with van der Waals surface area (Å²) in [5.41, 5.74) is 0. The van der Waals surface area contributed by atoms with E-state index in [-0.39, 0.29) is 6.61 Å². The zero-order valence-electron chi connectivity index (χ0n) is 4.88. The van der Waals surface area contributed by atoms with Crippen molar-refractivity contribution >= 4 is 23.5 Å². The van der Waals surface area contributed by atoms with Crippen LogP contribution < -0.4 is 0 Å². The van der Waals surface area contributed by atoms with Crippen LogP contribution in [0.25, 0.3) is 0 Å². The second-order valence-corrected chi connectivity index (χ2v) is 1.01. The Morgan fingerprint density at radius 2 is 2.33 bits per heavy atom. The second kappa shape index (κ2) is 10.1. The lowest BCUT2D eigenvalue weighted by atomic mass is 10.9. The molecule has 0 amide bonds. The molecule has 9 heavy (non-hydrogen) atoms. The molecule has 0 saturated heterocycles. The molecule has 0 unspecified atom stereocenters. The third-order valence-corrected chi connectivity index (χ3v) is 0.268. The number of nitrogens with one attached hydrogen (secondary N) is 1. The number of ether oxygens (including phenoxy) is 1. The number of carboxylic acid groups (broad SMARTS) is 1. The van der Waals surface area contributed by atoms with Crippen LogP contribution in [0, 0.1) is 5.41 Å². The van der Waals surface area contributed by atoms with Crippen molar-refractivity contribution in [2.75, 3.05) is 6.61 Å². The van der Waals surface area contributed by atoms with E-state index in [0.717, 1.165) is 0 Å². The van der Waals surface area contributed by atoms with Crippen molar-refractivity contribution in [3.63, 3.8) is 0 Å². The van der Waals surface area contributed by atoms with Crippen molar-refractivity contribution in [1.82, 2.24) is 0 Å². The zero-order valence-corrected chi connectivity index (χ0v) is 5.70. The van der Waals surface area contributed by atoms with E-state index in [0.29, 0.717) is 0 Å². The smallest absolute Gasteiger partial charge is 0.450 e. The van der Waals surface area contributed by atoms with E-state index in [2.05, 4.69) is 17.0 Å². The molecule has 5 heteroatoms. The largest absolute Gasteiger partial charge is 0.505 e. The average Bonchev–Trinajstić information content (AvgIpc) is 1.67. The zero-order chi connectivity index (χ0) is 7.70. The molecule has 0 radical (unpaired) electrons. The fraction of sp³-hybridized carbons (Fsp3) is 0.500. The molecule has 0 saturated carbocycles. The van der Waals surface area contributed by atoms with E-state index in [1.807, 2.05) is 0 Å². The number of isothiocyanates is 1. The van der Waals surface area contributed by atoms with Gasteiger partial charge in [0.25, 0.3) is 0 Å². The highest BCUT2D eigenvalue weighted by molar-refractivity contribution is 7.78. The highest BCUT2D eigenvalue weighted by Crippen LogP contribution is 1.69. The van der Waals surface area contributed by atoms with Crippen LogP contribution in [-0.4, -0.2) is 23.0 Å². The molecule has 0 rings (SSSR count). The standard InChI is InChI=1S/C3H6O3.CHNS/c1-2-6-3(4)5;2-1-3/h2H2,1H3,(H,4,5);2H. The van der Waals surface area contributed by atoms with Gasteiger partial charge in [0.2, 0.25) is 0 Å². The maximum Gasteiger partial charge on any atom is 0.505 e. The molecule has 0 spiro atoms. The van der Waals surface area contributed by atoms with Gasteiger partial charge in [-0.1, -0.05) is 0 Å². The summed E-state index contributed by atoms with van der Waals surface area (Å²) in [4.78, 5) is 9.38. The van der Waals surface area contributed by atoms with Crippen molar-refractivity contribution in [3.05, 3.63) is 0 Å². The molecule has 0 aliphatic carbocycles. The first kappa shape index (κ1) is 10.9. The van der Waals surface area contributed by atoms with Crippen molar-refractivity contribution < 1.29 is 14.6 Å². The third-order valence-electron chi connectivity index (χ3n) is 0.268. The molecule has 0 atom stereocenters. The highest BCUT2D eigenvalue weighted by Gasteiger charge is 1.86. The number of rotatable bonds is 1. The van der Waals surface area contributed by atoms with Crippen LogP contribution in [0.5, 0.6) is 0 Å². The van der Waals surface area contributed by atoms with Crippen LogP contribution in [0.1, 0.15) is 6.92 Å². The molecule has 4 nitrogen and oxygen atoms in total. The van der Waals surface area contributed by atoms with Crippen molar-refractivity contribution in [3.8, 4) is 0 Å². The van der Waals surface area contributed by atoms with Gasteiger partial charge in [-0.3, -0.25) is 0 Å². The van der Waals surface area contributed by atoms with Gasteiger partial charge in [0, 0.05) is 0 Å². The summed E-state index contributed by atoms with van der Waals surface area (Å²) >= 11 is 3.81. The fourth-order valence-electron chi connectivity index (χ4n) is 0.123. The van der Waals surface area contributed by atoms with E-state index in [9.17, 15) is 4.79 Å². The van der Waals surface area contributed by atoms with Crippen molar-refractivity contribution in [2.45, 2.75) is 6.92 Å². The number of hydrogen-bond donors (Lipinski definition) is 2. The van der Waals surface area contributed by atoms with E-state index in [4.69, 9.17) is 10.5 Å². The Morgan fingerprint density at radius 1 is 2.00 bits per heavy atom. The number of carbonyl (C=O) groups is 1. The number of hydrogen-bond acceptors (Lipinski definition) is 4. The normalized spacial score (nSPS) is 5.89. The Bertz CT molecular complexity index is 108. The monoisotopic (exact) mass is 149 g/mol. The quantitative estimate of drug-likeness (QED) is 0.335. The summed E-state index contributed by atoms with van der Waals surface area (Å²) in [5, 5.41) is 15.0. The third kappa shape index (κ3) is 42.4. The van der Waals surface area contributed by atoms with Crippen LogP contribution in [-0.2, 0) is 4.74 Å². The first-order valence-electron chi connectivity index (χ1n) is 2.08. The van der Waals surface area contributed by atoms with Gasteiger partial charge in [-0.05, 0) is 19.1 Å². The van der Waals surface area contributed by atoms with E-state index >= 15 is 0 Å². The van der Waals surface area contributed by atoms with Gasteiger partial charge >= 0.3 is 6.16 Å². The van der Waals surface area contributed by atoms with Gasteiger partial charge in [-0.25, -0.2) is 10.2 Å². The minimum Gasteiger partial charge on any atom is -0.450 e. The summed E-state index contributed by atoms with van der Waals surface area (Å²) in [7, 11) is 0. The molecule has 0 aliphatic heterocycles. The van der Waals surface area contributed by atoms with Gasteiger partial charge in [0.1, 0.15) is 0 Å². The molecule has 0 aliphatic rings. The SMILES string of the molecule is CCOC(=O)O.N=C=S. The lowest BCUT2D eigenvalue weighted by Crippen LogP contribution is -1.97. The summed E-state index contributed by atoms with van der Waals surface area (Å²) in [6.07, 6.45) is -1.21. The minimum atomic E-state index is -1.21. The predicted octanol–water partition coefficient (Wildman–Crippen LogP) is 1.37. The molecule has 52 valence electrons. The second-order valence-electron chi connectivity index (χ2n) is 0.801. The molecular weight excluding hydrogens is 142 g/mol. The lowest BCUT2D eigenvalue weighted by Gasteiger charge is -1.87. The maximum absolute atomic E-state index is 9.38. The van der Waals surface area contributed by atoms with Gasteiger partial charge < -0.3 is 9.84 Å². The molecule has 0 aromatic rings. The van der Waals surface area contributed by atoms with Gasteiger partial charge in [0.05, 0.1) is 11.8 Å². The average molecular weight is 149 g/mol. The molecule has 0 aromatic carbocycles. The summed E-state index contributed by atoms with van der Waals surface area (Å²) in [6, 6.07) is 0. The van der Waals surface area contributed by atoms with Gasteiger partial charge in [0.15, 0.2) is 0 Å². The van der Waals surface area contributed by atoms with Crippen LogP contribution in [0.15, 0.2) is 0 Å². The highest BCUT2D eigenvalue weighted by atomic mass is 32.1.